The van der Waals surface area contributed by atoms with Gasteiger partial charge in [-0.25, -0.2) is 12.8 Å². The van der Waals surface area contributed by atoms with Gasteiger partial charge in [-0.2, -0.15) is 4.31 Å². The summed E-state index contributed by atoms with van der Waals surface area (Å²) in [7, 11) is -4.12. The van der Waals surface area contributed by atoms with Crippen LogP contribution in [0.3, 0.4) is 0 Å². The van der Waals surface area contributed by atoms with Crippen LogP contribution in [0.5, 0.6) is 0 Å². The highest BCUT2D eigenvalue weighted by molar-refractivity contribution is 7.89. The number of sulfonamides is 1. The molecule has 1 aliphatic heterocycles. The van der Waals surface area contributed by atoms with Gasteiger partial charge < -0.3 is 14.1 Å². The van der Waals surface area contributed by atoms with Gasteiger partial charge in [-0.1, -0.05) is 30.7 Å². The molecule has 9 nitrogen and oxygen atoms in total. The van der Waals surface area contributed by atoms with Gasteiger partial charge in [-0.05, 0) is 36.8 Å². The van der Waals surface area contributed by atoms with Gasteiger partial charge in [0.2, 0.25) is 21.8 Å². The van der Waals surface area contributed by atoms with Crippen LogP contribution in [-0.2, 0) is 21.3 Å². The first-order valence-electron chi connectivity index (χ1n) is 11.0. The fourth-order valence-electron chi connectivity index (χ4n) is 3.69. The number of carbonyl (C=O) groups is 1. The van der Waals surface area contributed by atoms with E-state index in [9.17, 15) is 17.6 Å². The monoisotopic (exact) mass is 522 g/mol. The first-order valence-corrected chi connectivity index (χ1v) is 12.9. The summed E-state index contributed by atoms with van der Waals surface area (Å²) >= 11 is 6.19. The molecule has 12 heteroatoms. The molecule has 0 aliphatic carbocycles. The minimum absolute atomic E-state index is 0.00690. The van der Waals surface area contributed by atoms with E-state index in [1.165, 1.54) is 11.0 Å². The van der Waals surface area contributed by atoms with Crippen molar-refractivity contribution >= 4 is 27.5 Å². The SMILES string of the molecule is CCCN(Cc1nnc(-c2ccccc2Cl)o1)C(=O)c1ccc(F)c(S(=O)(=O)N2CCOCC2)c1. The third-order valence-corrected chi connectivity index (χ3v) is 7.69. The molecule has 1 saturated heterocycles. The number of halogens is 2. The summed E-state index contributed by atoms with van der Waals surface area (Å²) < 4.78 is 52.6. The molecule has 35 heavy (non-hydrogen) atoms. The summed E-state index contributed by atoms with van der Waals surface area (Å²) in [4.78, 5) is 14.2. The topological polar surface area (TPSA) is 106 Å². The zero-order valence-corrected chi connectivity index (χ0v) is 20.6. The molecule has 1 aliphatic rings. The molecule has 186 valence electrons. The number of ether oxygens (including phenoxy) is 1. The van der Waals surface area contributed by atoms with E-state index in [0.29, 0.717) is 23.6 Å². The maximum absolute atomic E-state index is 14.6. The molecular weight excluding hydrogens is 499 g/mol. The lowest BCUT2D eigenvalue weighted by atomic mass is 10.2. The molecule has 1 fully saturated rings. The van der Waals surface area contributed by atoms with Crippen LogP contribution < -0.4 is 0 Å². The lowest BCUT2D eigenvalue weighted by Crippen LogP contribution is -2.41. The number of morpholine rings is 1. The van der Waals surface area contributed by atoms with Crippen molar-refractivity contribution in [2.75, 3.05) is 32.8 Å². The highest BCUT2D eigenvalue weighted by Crippen LogP contribution is 2.27. The van der Waals surface area contributed by atoms with Crippen LogP contribution in [0.4, 0.5) is 4.39 Å². The molecule has 0 radical (unpaired) electrons. The van der Waals surface area contributed by atoms with E-state index < -0.39 is 26.6 Å². The van der Waals surface area contributed by atoms with Gasteiger partial charge in [0.05, 0.1) is 30.3 Å². The predicted octanol–water partition coefficient (Wildman–Crippen LogP) is 3.60. The first kappa shape index (κ1) is 25.2. The molecule has 0 N–H and O–H groups in total. The smallest absolute Gasteiger partial charge is 0.254 e. The van der Waals surface area contributed by atoms with Gasteiger partial charge in [-0.15, -0.1) is 10.2 Å². The summed E-state index contributed by atoms with van der Waals surface area (Å²) in [6, 6.07) is 10.3. The predicted molar refractivity (Wildman–Crippen MR) is 126 cm³/mol. The van der Waals surface area contributed by atoms with Gasteiger partial charge in [0.1, 0.15) is 10.7 Å². The Labute approximate surface area is 207 Å². The van der Waals surface area contributed by atoms with E-state index in [-0.39, 0.29) is 50.2 Å². The van der Waals surface area contributed by atoms with Crippen molar-refractivity contribution in [1.29, 1.82) is 0 Å². The van der Waals surface area contributed by atoms with Gasteiger partial charge in [0.25, 0.3) is 5.91 Å². The Kier molecular flexibility index (Phi) is 7.80. The molecule has 0 saturated carbocycles. The van der Waals surface area contributed by atoms with Crippen LogP contribution in [0.25, 0.3) is 11.5 Å². The number of hydrogen-bond acceptors (Lipinski definition) is 7. The van der Waals surface area contributed by atoms with Crippen LogP contribution >= 0.6 is 11.6 Å². The van der Waals surface area contributed by atoms with Crippen LogP contribution in [0, 0.1) is 5.82 Å². The number of nitrogens with zero attached hydrogens (tertiary/aromatic N) is 4. The molecule has 0 bridgehead atoms. The van der Waals surface area contributed by atoms with E-state index in [1.807, 2.05) is 6.92 Å². The summed E-state index contributed by atoms with van der Waals surface area (Å²) in [6.07, 6.45) is 0.622. The summed E-state index contributed by atoms with van der Waals surface area (Å²) in [5.74, 6) is -1.00. The first-order chi connectivity index (χ1) is 16.8. The van der Waals surface area contributed by atoms with Crippen molar-refractivity contribution in [3.8, 4) is 11.5 Å². The number of amides is 1. The maximum Gasteiger partial charge on any atom is 0.254 e. The van der Waals surface area contributed by atoms with Crippen LogP contribution in [0.1, 0.15) is 29.6 Å². The summed E-state index contributed by atoms with van der Waals surface area (Å²) in [6.45, 7) is 2.91. The fraction of sp³-hybridized carbons (Fsp3) is 0.348. The Morgan fingerprint density at radius 3 is 2.63 bits per heavy atom. The van der Waals surface area contributed by atoms with Crippen molar-refractivity contribution in [2.45, 2.75) is 24.8 Å². The lowest BCUT2D eigenvalue weighted by molar-refractivity contribution is 0.0724. The second kappa shape index (κ2) is 10.8. The average Bonchev–Trinajstić information content (AvgIpc) is 3.32. The second-order valence-corrected chi connectivity index (χ2v) is 10.2. The highest BCUT2D eigenvalue weighted by atomic mass is 35.5. The molecule has 1 aromatic heterocycles. The van der Waals surface area contributed by atoms with Gasteiger partial charge in [0.15, 0.2) is 0 Å². The molecule has 2 heterocycles. The van der Waals surface area contributed by atoms with Crippen molar-refractivity contribution < 1.29 is 26.8 Å². The largest absolute Gasteiger partial charge is 0.419 e. The summed E-state index contributed by atoms with van der Waals surface area (Å²) in [5.41, 5.74) is 0.607. The number of benzene rings is 2. The van der Waals surface area contributed by atoms with Crippen molar-refractivity contribution in [2.24, 2.45) is 0 Å². The van der Waals surface area contributed by atoms with Crippen LogP contribution in [0.2, 0.25) is 5.02 Å². The molecule has 3 aromatic rings. The third kappa shape index (κ3) is 5.53. The molecular formula is C23H24ClFN4O5S. The number of hydrogen-bond donors (Lipinski definition) is 0. The molecule has 4 rings (SSSR count). The van der Waals surface area contributed by atoms with E-state index in [1.54, 1.807) is 24.3 Å². The Hall–Kier alpha value is -2.86. The minimum Gasteiger partial charge on any atom is -0.419 e. The number of carbonyl (C=O) groups excluding carboxylic acids is 1. The molecule has 0 unspecified atom stereocenters. The Morgan fingerprint density at radius 1 is 1.17 bits per heavy atom. The van der Waals surface area contributed by atoms with E-state index >= 15 is 0 Å². The highest BCUT2D eigenvalue weighted by Gasteiger charge is 2.30. The van der Waals surface area contributed by atoms with Crippen molar-refractivity contribution in [3.05, 3.63) is 64.8 Å². The Bertz CT molecular complexity index is 1310. The van der Waals surface area contributed by atoms with Crippen LogP contribution in [-0.4, -0.2) is 66.6 Å². The fourth-order valence-corrected chi connectivity index (χ4v) is 5.40. The molecule has 2 aromatic carbocycles. The maximum atomic E-state index is 14.6. The van der Waals surface area contributed by atoms with Gasteiger partial charge >= 0.3 is 0 Å². The third-order valence-electron chi connectivity index (χ3n) is 5.44. The van der Waals surface area contributed by atoms with E-state index in [0.717, 1.165) is 16.4 Å². The van der Waals surface area contributed by atoms with E-state index in [4.69, 9.17) is 20.8 Å². The minimum atomic E-state index is -4.12. The molecule has 0 atom stereocenters. The standard InChI is InChI=1S/C23H24ClFN4O5S/c1-2-9-28(15-21-26-27-22(34-21)17-5-3-4-6-18(17)24)23(30)16-7-8-19(25)20(14-16)35(31,32)29-10-12-33-13-11-29/h3-8,14H,2,9-13,15H2,1H3. The van der Waals surface area contributed by atoms with E-state index in [2.05, 4.69) is 10.2 Å². The zero-order chi connectivity index (χ0) is 25.0. The number of rotatable bonds is 8. The quantitative estimate of drug-likeness (QED) is 0.445. The van der Waals surface area contributed by atoms with Crippen molar-refractivity contribution in [3.63, 3.8) is 0 Å². The van der Waals surface area contributed by atoms with Crippen LogP contribution in [0.15, 0.2) is 51.8 Å². The zero-order valence-electron chi connectivity index (χ0n) is 19.0. The number of aromatic nitrogens is 2. The normalized spacial score (nSPS) is 14.7. The average molecular weight is 523 g/mol. The van der Waals surface area contributed by atoms with Crippen molar-refractivity contribution in [1.82, 2.24) is 19.4 Å². The lowest BCUT2D eigenvalue weighted by Gasteiger charge is -2.26. The summed E-state index contributed by atoms with van der Waals surface area (Å²) in [5, 5.41) is 8.49. The van der Waals surface area contributed by atoms with Gasteiger partial charge in [0, 0.05) is 25.2 Å². The Morgan fingerprint density at radius 2 is 1.91 bits per heavy atom. The molecule has 1 amide bonds. The van der Waals surface area contributed by atoms with Gasteiger partial charge in [-0.3, -0.25) is 4.79 Å². The Balaban J connectivity index is 1.58. The molecule has 0 spiro atoms. The second-order valence-electron chi connectivity index (χ2n) is 7.87.